The second-order valence-electron chi connectivity index (χ2n) is 2.77. The monoisotopic (exact) mass is 199 g/mol. The topological polar surface area (TPSA) is 44.5 Å². The highest BCUT2D eigenvalue weighted by Crippen LogP contribution is 2.39. The van der Waals surface area contributed by atoms with Gasteiger partial charge in [0.1, 0.15) is 13.2 Å². The largest absolute Gasteiger partial charge is 0.486 e. The molecule has 0 radical (unpaired) electrons. The van der Waals surface area contributed by atoms with Crippen molar-refractivity contribution < 1.29 is 9.47 Å². The molecule has 3 nitrogen and oxygen atoms in total. The van der Waals surface area contributed by atoms with E-state index in [-0.39, 0.29) is 0 Å². The molecule has 1 aromatic carbocycles. The second-order valence-corrected chi connectivity index (χ2v) is 3.14. The van der Waals surface area contributed by atoms with E-state index in [1.54, 1.807) is 0 Å². The molecular formula is C9H10ClNO2. The van der Waals surface area contributed by atoms with Gasteiger partial charge in [-0.15, -0.1) is 0 Å². The lowest BCUT2D eigenvalue weighted by Crippen LogP contribution is -2.16. The number of hydrogen-bond donors (Lipinski definition) is 1. The minimum absolute atomic E-state index is 0.412. The molecule has 13 heavy (non-hydrogen) atoms. The zero-order valence-corrected chi connectivity index (χ0v) is 7.80. The van der Waals surface area contributed by atoms with Crippen molar-refractivity contribution in [1.29, 1.82) is 0 Å². The minimum Gasteiger partial charge on any atom is -0.486 e. The first-order valence-corrected chi connectivity index (χ1v) is 4.48. The highest BCUT2D eigenvalue weighted by molar-refractivity contribution is 6.33. The molecule has 0 aromatic heterocycles. The van der Waals surface area contributed by atoms with Crippen LogP contribution in [0.15, 0.2) is 12.1 Å². The first kappa shape index (κ1) is 8.66. The Morgan fingerprint density at radius 2 is 2.08 bits per heavy atom. The Morgan fingerprint density at radius 1 is 1.31 bits per heavy atom. The van der Waals surface area contributed by atoms with E-state index < -0.39 is 0 Å². The average Bonchev–Trinajstić information content (AvgIpc) is 2.19. The normalized spacial score (nSPS) is 14.3. The van der Waals surface area contributed by atoms with Gasteiger partial charge in [0.25, 0.3) is 0 Å². The molecule has 4 heteroatoms. The molecule has 2 N–H and O–H groups in total. The van der Waals surface area contributed by atoms with Crippen molar-refractivity contribution in [2.45, 2.75) is 6.54 Å². The second kappa shape index (κ2) is 3.44. The maximum atomic E-state index is 6.04. The summed E-state index contributed by atoms with van der Waals surface area (Å²) in [5.74, 6) is 1.32. The fourth-order valence-corrected chi connectivity index (χ4v) is 1.57. The van der Waals surface area contributed by atoms with Crippen molar-refractivity contribution in [3.05, 3.63) is 22.7 Å². The third kappa shape index (κ3) is 1.45. The molecule has 0 saturated carbocycles. The molecule has 0 bridgehead atoms. The Balaban J connectivity index is 2.48. The van der Waals surface area contributed by atoms with Crippen molar-refractivity contribution in [2.24, 2.45) is 5.73 Å². The highest BCUT2D eigenvalue weighted by Gasteiger charge is 2.16. The molecule has 0 spiro atoms. The molecule has 0 unspecified atom stereocenters. The van der Waals surface area contributed by atoms with Crippen LogP contribution in [0.25, 0.3) is 0 Å². The summed E-state index contributed by atoms with van der Waals surface area (Å²) in [6.07, 6.45) is 0. The Labute approximate surface area is 81.4 Å². The third-order valence-electron chi connectivity index (χ3n) is 1.95. The van der Waals surface area contributed by atoms with Crippen molar-refractivity contribution in [1.82, 2.24) is 0 Å². The highest BCUT2D eigenvalue weighted by atomic mass is 35.5. The minimum atomic E-state index is 0.412. The number of ether oxygens (including phenoxy) is 2. The molecule has 1 aromatic rings. The van der Waals surface area contributed by atoms with Gasteiger partial charge in [0.15, 0.2) is 11.5 Å². The predicted octanol–water partition coefficient (Wildman–Crippen LogP) is 1.57. The van der Waals surface area contributed by atoms with E-state index in [0.717, 1.165) is 5.56 Å². The fraction of sp³-hybridized carbons (Fsp3) is 0.333. The van der Waals surface area contributed by atoms with Crippen LogP contribution in [0, 0.1) is 0 Å². The smallest absolute Gasteiger partial charge is 0.180 e. The quantitative estimate of drug-likeness (QED) is 0.747. The molecular weight excluding hydrogens is 190 g/mol. The lowest BCUT2D eigenvalue weighted by Gasteiger charge is -2.20. The number of benzene rings is 1. The van der Waals surface area contributed by atoms with E-state index in [1.807, 2.05) is 12.1 Å². The van der Waals surface area contributed by atoms with Crippen molar-refractivity contribution >= 4 is 11.6 Å². The van der Waals surface area contributed by atoms with Crippen LogP contribution in [0.1, 0.15) is 5.56 Å². The molecule has 0 atom stereocenters. The molecule has 1 aliphatic rings. The Kier molecular flexibility index (Phi) is 2.29. The summed E-state index contributed by atoms with van der Waals surface area (Å²) in [6.45, 7) is 1.53. The maximum absolute atomic E-state index is 6.04. The third-order valence-corrected chi connectivity index (χ3v) is 2.36. The molecule has 0 fully saturated rings. The summed E-state index contributed by atoms with van der Waals surface area (Å²) in [6, 6.07) is 3.69. The number of nitrogens with two attached hydrogens (primary N) is 1. The van der Waals surface area contributed by atoms with Crippen LogP contribution in [0.3, 0.4) is 0 Å². The molecule has 0 saturated heterocycles. The zero-order valence-electron chi connectivity index (χ0n) is 7.05. The number of halogens is 1. The van der Waals surface area contributed by atoms with Crippen LogP contribution in [0.4, 0.5) is 0 Å². The number of hydrogen-bond acceptors (Lipinski definition) is 3. The van der Waals surface area contributed by atoms with Gasteiger partial charge in [-0.25, -0.2) is 0 Å². The van der Waals surface area contributed by atoms with Gasteiger partial charge in [-0.2, -0.15) is 0 Å². The summed E-state index contributed by atoms with van der Waals surface area (Å²) < 4.78 is 10.7. The van der Waals surface area contributed by atoms with Gasteiger partial charge in [-0.05, 0) is 11.6 Å². The molecule has 70 valence electrons. The standard InChI is InChI=1S/C9H10ClNO2/c10-8-6(5-11)1-2-7-9(8)13-4-3-12-7/h1-2H,3-5,11H2. The zero-order chi connectivity index (χ0) is 9.26. The van der Waals surface area contributed by atoms with Crippen molar-refractivity contribution in [3.63, 3.8) is 0 Å². The molecule has 1 heterocycles. The summed E-state index contributed by atoms with van der Waals surface area (Å²) in [5, 5.41) is 0.569. The maximum Gasteiger partial charge on any atom is 0.180 e. The summed E-state index contributed by atoms with van der Waals surface area (Å²) in [5.41, 5.74) is 6.38. The van der Waals surface area contributed by atoms with Crippen LogP contribution < -0.4 is 15.2 Å². The van der Waals surface area contributed by atoms with Gasteiger partial charge in [-0.3, -0.25) is 0 Å². The van der Waals surface area contributed by atoms with E-state index in [1.165, 1.54) is 0 Å². The Morgan fingerprint density at radius 3 is 2.85 bits per heavy atom. The van der Waals surface area contributed by atoms with E-state index in [4.69, 9.17) is 26.8 Å². The van der Waals surface area contributed by atoms with Gasteiger partial charge in [0.2, 0.25) is 0 Å². The lowest BCUT2D eigenvalue weighted by molar-refractivity contribution is 0.171. The predicted molar refractivity (Wildman–Crippen MR) is 50.3 cm³/mol. The van der Waals surface area contributed by atoms with E-state index >= 15 is 0 Å². The summed E-state index contributed by atoms with van der Waals surface area (Å²) >= 11 is 6.04. The number of fused-ring (bicyclic) bond motifs is 1. The first-order valence-electron chi connectivity index (χ1n) is 4.10. The number of rotatable bonds is 1. The van der Waals surface area contributed by atoms with Gasteiger partial charge in [-0.1, -0.05) is 17.7 Å². The van der Waals surface area contributed by atoms with Gasteiger partial charge in [0.05, 0.1) is 5.02 Å². The molecule has 2 rings (SSSR count). The van der Waals surface area contributed by atoms with Gasteiger partial charge < -0.3 is 15.2 Å². The summed E-state index contributed by atoms with van der Waals surface area (Å²) in [7, 11) is 0. The van der Waals surface area contributed by atoms with Crippen LogP contribution in [0.2, 0.25) is 5.02 Å². The fourth-order valence-electron chi connectivity index (χ4n) is 1.28. The van der Waals surface area contributed by atoms with E-state index in [9.17, 15) is 0 Å². The van der Waals surface area contributed by atoms with Crippen LogP contribution in [-0.4, -0.2) is 13.2 Å². The average molecular weight is 200 g/mol. The van der Waals surface area contributed by atoms with Crippen LogP contribution >= 0.6 is 11.6 Å². The van der Waals surface area contributed by atoms with E-state index in [0.29, 0.717) is 36.3 Å². The molecule has 0 aliphatic carbocycles. The van der Waals surface area contributed by atoms with Crippen LogP contribution in [0.5, 0.6) is 11.5 Å². The van der Waals surface area contributed by atoms with E-state index in [2.05, 4.69) is 0 Å². The summed E-state index contributed by atoms with van der Waals surface area (Å²) in [4.78, 5) is 0. The lowest BCUT2D eigenvalue weighted by atomic mass is 10.2. The van der Waals surface area contributed by atoms with Crippen molar-refractivity contribution in [2.75, 3.05) is 13.2 Å². The van der Waals surface area contributed by atoms with Crippen LogP contribution in [-0.2, 0) is 6.54 Å². The van der Waals surface area contributed by atoms with Crippen molar-refractivity contribution in [3.8, 4) is 11.5 Å². The first-order chi connectivity index (χ1) is 6.33. The molecule has 0 amide bonds. The molecule has 1 aliphatic heterocycles. The van der Waals surface area contributed by atoms with Gasteiger partial charge in [0, 0.05) is 6.54 Å². The Bertz CT molecular complexity index is 328. The van der Waals surface area contributed by atoms with Gasteiger partial charge >= 0.3 is 0 Å². The Hall–Kier alpha value is -0.930. The SMILES string of the molecule is NCc1ccc2c(c1Cl)OCCO2.